The molecule has 1 heterocycles. The zero-order valence-corrected chi connectivity index (χ0v) is 13.5. The van der Waals surface area contributed by atoms with Gasteiger partial charge in [0.15, 0.2) is 0 Å². The van der Waals surface area contributed by atoms with Crippen molar-refractivity contribution in [1.29, 1.82) is 0 Å². The molecule has 1 amide bonds. The molecule has 6 nitrogen and oxygen atoms in total. The number of ether oxygens (including phenoxy) is 1. The monoisotopic (exact) mass is 302 g/mol. The Kier molecular flexibility index (Phi) is 5.14. The molecule has 0 bridgehead atoms. The van der Waals surface area contributed by atoms with Gasteiger partial charge in [-0.2, -0.15) is 5.10 Å². The fraction of sp³-hybridized carbons (Fsp3) is 0.438. The number of hydrogen-bond acceptors (Lipinski definition) is 4. The second-order valence-corrected chi connectivity index (χ2v) is 5.24. The van der Waals surface area contributed by atoms with Gasteiger partial charge in [-0.25, -0.2) is 9.67 Å². The van der Waals surface area contributed by atoms with Crippen LogP contribution in [0.2, 0.25) is 0 Å². The van der Waals surface area contributed by atoms with Gasteiger partial charge in [-0.1, -0.05) is 6.92 Å². The fourth-order valence-corrected chi connectivity index (χ4v) is 2.14. The van der Waals surface area contributed by atoms with Crippen molar-refractivity contribution in [3.63, 3.8) is 0 Å². The third-order valence-corrected chi connectivity index (χ3v) is 3.29. The molecular weight excluding hydrogens is 280 g/mol. The Morgan fingerprint density at radius 3 is 2.55 bits per heavy atom. The molecule has 2 aromatic rings. The number of nitrogens with one attached hydrogen (secondary N) is 1. The molecule has 22 heavy (non-hydrogen) atoms. The normalized spacial score (nSPS) is 12.0. The van der Waals surface area contributed by atoms with E-state index < -0.39 is 0 Å². The highest BCUT2D eigenvalue weighted by Gasteiger charge is 2.16. The fourth-order valence-electron chi connectivity index (χ4n) is 2.14. The lowest BCUT2D eigenvalue weighted by atomic mass is 10.1. The van der Waals surface area contributed by atoms with Crippen LogP contribution in [0.15, 0.2) is 24.3 Å². The first kappa shape index (κ1) is 16.0. The Balaban J connectivity index is 1.94. The molecular formula is C16H22N4O2. The molecule has 0 saturated heterocycles. The number of aromatic nitrogens is 3. The van der Waals surface area contributed by atoms with Crippen LogP contribution in [0.25, 0.3) is 0 Å². The van der Waals surface area contributed by atoms with Crippen molar-refractivity contribution >= 4 is 11.6 Å². The third-order valence-electron chi connectivity index (χ3n) is 3.29. The van der Waals surface area contributed by atoms with Crippen LogP contribution in [-0.2, 0) is 11.3 Å². The highest BCUT2D eigenvalue weighted by atomic mass is 16.5. The number of carbonyl (C=O) groups is 1. The van der Waals surface area contributed by atoms with E-state index in [1.54, 1.807) is 4.68 Å². The minimum absolute atomic E-state index is 0.0447. The number of hydrogen-bond donors (Lipinski definition) is 1. The van der Waals surface area contributed by atoms with Crippen molar-refractivity contribution in [2.45, 2.75) is 34.2 Å². The number of rotatable bonds is 6. The Labute approximate surface area is 130 Å². The number of carbonyl (C=O) groups excluding carboxylic acids is 1. The zero-order valence-electron chi connectivity index (χ0n) is 13.5. The van der Waals surface area contributed by atoms with E-state index in [0.717, 1.165) is 23.1 Å². The summed E-state index contributed by atoms with van der Waals surface area (Å²) in [6.07, 6.45) is 0. The van der Waals surface area contributed by atoms with E-state index in [1.807, 2.05) is 52.0 Å². The molecule has 1 aromatic carbocycles. The molecule has 0 aliphatic carbocycles. The molecule has 0 aliphatic heterocycles. The minimum atomic E-state index is -0.202. The van der Waals surface area contributed by atoms with E-state index in [4.69, 9.17) is 4.74 Å². The highest BCUT2D eigenvalue weighted by Crippen LogP contribution is 2.16. The minimum Gasteiger partial charge on any atom is -0.494 e. The molecule has 0 radical (unpaired) electrons. The van der Waals surface area contributed by atoms with Crippen LogP contribution in [0.4, 0.5) is 5.69 Å². The van der Waals surface area contributed by atoms with Gasteiger partial charge in [0.25, 0.3) is 0 Å². The molecule has 1 aromatic heterocycles. The van der Waals surface area contributed by atoms with Crippen LogP contribution in [0, 0.1) is 19.8 Å². The number of anilines is 1. The SMILES string of the molecule is CCOc1ccc(NC(=O)[C@H](C)Cn2nc(C)nc2C)cc1. The number of amides is 1. The Morgan fingerprint density at radius 1 is 1.32 bits per heavy atom. The van der Waals surface area contributed by atoms with Crippen LogP contribution in [-0.4, -0.2) is 27.3 Å². The van der Waals surface area contributed by atoms with E-state index in [2.05, 4.69) is 15.4 Å². The molecule has 0 saturated carbocycles. The number of nitrogens with zero attached hydrogens (tertiary/aromatic N) is 3. The lowest BCUT2D eigenvalue weighted by Crippen LogP contribution is -2.25. The smallest absolute Gasteiger partial charge is 0.229 e. The summed E-state index contributed by atoms with van der Waals surface area (Å²) in [6.45, 7) is 8.67. The summed E-state index contributed by atoms with van der Waals surface area (Å²) in [5.74, 6) is 2.08. The highest BCUT2D eigenvalue weighted by molar-refractivity contribution is 5.92. The molecule has 6 heteroatoms. The summed E-state index contributed by atoms with van der Waals surface area (Å²) in [5, 5.41) is 7.18. The molecule has 118 valence electrons. The van der Waals surface area contributed by atoms with Crippen LogP contribution in [0.5, 0.6) is 5.75 Å². The second-order valence-electron chi connectivity index (χ2n) is 5.24. The third kappa shape index (κ3) is 4.07. The molecule has 2 rings (SSSR count). The van der Waals surface area contributed by atoms with Gasteiger partial charge in [0.2, 0.25) is 5.91 Å². The Morgan fingerprint density at radius 2 is 2.00 bits per heavy atom. The van der Waals surface area contributed by atoms with Crippen molar-refractivity contribution in [2.24, 2.45) is 5.92 Å². The number of benzene rings is 1. The first-order valence-corrected chi connectivity index (χ1v) is 7.41. The van der Waals surface area contributed by atoms with Gasteiger partial charge in [-0.3, -0.25) is 4.79 Å². The van der Waals surface area contributed by atoms with Crippen LogP contribution >= 0.6 is 0 Å². The van der Waals surface area contributed by atoms with Gasteiger partial charge in [-0.05, 0) is 45.0 Å². The molecule has 1 N–H and O–H groups in total. The summed E-state index contributed by atoms with van der Waals surface area (Å²) in [7, 11) is 0. The quantitative estimate of drug-likeness (QED) is 0.890. The average molecular weight is 302 g/mol. The lowest BCUT2D eigenvalue weighted by molar-refractivity contribution is -0.119. The van der Waals surface area contributed by atoms with Crippen molar-refractivity contribution in [1.82, 2.24) is 14.8 Å². The van der Waals surface area contributed by atoms with Gasteiger partial charge >= 0.3 is 0 Å². The molecule has 0 unspecified atom stereocenters. The van der Waals surface area contributed by atoms with Crippen molar-refractivity contribution in [3.8, 4) is 5.75 Å². The van der Waals surface area contributed by atoms with E-state index >= 15 is 0 Å². The topological polar surface area (TPSA) is 69.0 Å². The maximum Gasteiger partial charge on any atom is 0.229 e. The van der Waals surface area contributed by atoms with Gasteiger partial charge < -0.3 is 10.1 Å². The van der Waals surface area contributed by atoms with Crippen LogP contribution in [0.3, 0.4) is 0 Å². The van der Waals surface area contributed by atoms with Gasteiger partial charge in [0.05, 0.1) is 19.1 Å². The summed E-state index contributed by atoms with van der Waals surface area (Å²) < 4.78 is 7.14. The van der Waals surface area contributed by atoms with E-state index in [0.29, 0.717) is 13.2 Å². The molecule has 0 aliphatic rings. The maximum atomic E-state index is 12.2. The Hall–Kier alpha value is -2.37. The van der Waals surface area contributed by atoms with Crippen LogP contribution in [0.1, 0.15) is 25.5 Å². The van der Waals surface area contributed by atoms with E-state index in [9.17, 15) is 4.79 Å². The van der Waals surface area contributed by atoms with Crippen molar-refractivity contribution in [2.75, 3.05) is 11.9 Å². The summed E-state index contributed by atoms with van der Waals surface area (Å²) in [6, 6.07) is 7.35. The Bertz CT molecular complexity index is 634. The predicted octanol–water partition coefficient (Wildman–Crippen LogP) is 2.57. The summed E-state index contributed by atoms with van der Waals surface area (Å²) in [4.78, 5) is 16.5. The lowest BCUT2D eigenvalue weighted by Gasteiger charge is -2.13. The maximum absolute atomic E-state index is 12.2. The summed E-state index contributed by atoms with van der Waals surface area (Å²) >= 11 is 0. The first-order chi connectivity index (χ1) is 10.5. The molecule has 0 spiro atoms. The van der Waals surface area contributed by atoms with Gasteiger partial charge in [0.1, 0.15) is 17.4 Å². The molecule has 1 atom stereocenters. The van der Waals surface area contributed by atoms with Crippen molar-refractivity contribution in [3.05, 3.63) is 35.9 Å². The standard InChI is InChI=1S/C16H22N4O2/c1-5-22-15-8-6-14(7-9-15)18-16(21)11(2)10-20-13(4)17-12(3)19-20/h6-9,11H,5,10H2,1-4H3,(H,18,21)/t11-/m1/s1. The zero-order chi connectivity index (χ0) is 16.1. The first-order valence-electron chi connectivity index (χ1n) is 7.41. The molecule has 0 fully saturated rings. The van der Waals surface area contributed by atoms with Gasteiger partial charge in [-0.15, -0.1) is 0 Å². The van der Waals surface area contributed by atoms with E-state index in [1.165, 1.54) is 0 Å². The van der Waals surface area contributed by atoms with Crippen molar-refractivity contribution < 1.29 is 9.53 Å². The van der Waals surface area contributed by atoms with Crippen LogP contribution < -0.4 is 10.1 Å². The second kappa shape index (κ2) is 7.06. The summed E-state index contributed by atoms with van der Waals surface area (Å²) in [5.41, 5.74) is 0.756. The largest absolute Gasteiger partial charge is 0.494 e. The predicted molar refractivity (Wildman–Crippen MR) is 84.9 cm³/mol. The van der Waals surface area contributed by atoms with E-state index in [-0.39, 0.29) is 11.8 Å². The number of aryl methyl sites for hydroxylation is 2. The average Bonchev–Trinajstić information content (AvgIpc) is 2.79. The van der Waals surface area contributed by atoms with Gasteiger partial charge in [0, 0.05) is 5.69 Å².